The summed E-state index contributed by atoms with van der Waals surface area (Å²) < 4.78 is 11.1. The van der Waals surface area contributed by atoms with Gasteiger partial charge in [-0.25, -0.2) is 0 Å². The van der Waals surface area contributed by atoms with Crippen LogP contribution in [0.25, 0.3) is 0 Å². The standard InChI is InChI=1S/C14H15BrN2O3/c1-17(8-9-6-7-12(15)20-9)14(18)10-4-3-5-11(19-2)13(10)16/h3-7H,8,16H2,1-2H3. The van der Waals surface area contributed by atoms with E-state index in [4.69, 9.17) is 14.9 Å². The van der Waals surface area contributed by atoms with E-state index in [9.17, 15) is 4.79 Å². The number of ether oxygens (including phenoxy) is 1. The smallest absolute Gasteiger partial charge is 0.256 e. The Morgan fingerprint density at radius 1 is 1.40 bits per heavy atom. The highest BCUT2D eigenvalue weighted by atomic mass is 79.9. The number of carbonyl (C=O) groups excluding carboxylic acids is 1. The van der Waals surface area contributed by atoms with Crippen molar-refractivity contribution in [3.05, 3.63) is 46.3 Å². The quantitative estimate of drug-likeness (QED) is 0.870. The van der Waals surface area contributed by atoms with Gasteiger partial charge in [0.05, 0.1) is 24.9 Å². The third-order valence-electron chi connectivity index (χ3n) is 2.89. The monoisotopic (exact) mass is 338 g/mol. The second-order valence-electron chi connectivity index (χ2n) is 4.29. The van der Waals surface area contributed by atoms with Crippen molar-refractivity contribution >= 4 is 27.5 Å². The van der Waals surface area contributed by atoms with Crippen molar-refractivity contribution < 1.29 is 13.9 Å². The molecule has 106 valence electrons. The number of carbonyl (C=O) groups is 1. The molecule has 5 nitrogen and oxygen atoms in total. The molecule has 2 rings (SSSR count). The van der Waals surface area contributed by atoms with E-state index in [0.717, 1.165) is 0 Å². The zero-order chi connectivity index (χ0) is 14.7. The second-order valence-corrected chi connectivity index (χ2v) is 5.07. The van der Waals surface area contributed by atoms with Crippen LogP contribution in [0.2, 0.25) is 0 Å². The molecule has 0 atom stereocenters. The van der Waals surface area contributed by atoms with Gasteiger partial charge in [-0.2, -0.15) is 0 Å². The average molecular weight is 339 g/mol. The third-order valence-corrected chi connectivity index (χ3v) is 3.31. The van der Waals surface area contributed by atoms with Crippen LogP contribution >= 0.6 is 15.9 Å². The van der Waals surface area contributed by atoms with Crippen molar-refractivity contribution in [2.24, 2.45) is 0 Å². The molecule has 0 saturated heterocycles. The highest BCUT2D eigenvalue weighted by Crippen LogP contribution is 2.26. The molecule has 0 bridgehead atoms. The maximum Gasteiger partial charge on any atom is 0.256 e. The molecule has 2 aromatic rings. The van der Waals surface area contributed by atoms with Crippen molar-refractivity contribution in [3.63, 3.8) is 0 Å². The minimum absolute atomic E-state index is 0.186. The van der Waals surface area contributed by atoms with Crippen LogP contribution in [0.5, 0.6) is 5.75 Å². The molecule has 6 heteroatoms. The number of nitrogen functional groups attached to an aromatic ring is 1. The van der Waals surface area contributed by atoms with Gasteiger partial charge < -0.3 is 19.8 Å². The Labute approximate surface area is 125 Å². The van der Waals surface area contributed by atoms with Gasteiger partial charge in [0, 0.05) is 7.05 Å². The minimum Gasteiger partial charge on any atom is -0.495 e. The summed E-state index contributed by atoms with van der Waals surface area (Å²) in [6, 6.07) is 8.72. The van der Waals surface area contributed by atoms with E-state index in [1.54, 1.807) is 31.3 Å². The molecule has 0 aliphatic heterocycles. The Hall–Kier alpha value is -1.95. The lowest BCUT2D eigenvalue weighted by Gasteiger charge is -2.17. The lowest BCUT2D eigenvalue weighted by atomic mass is 10.1. The topological polar surface area (TPSA) is 68.7 Å². The Kier molecular flexibility index (Phi) is 4.34. The number of nitrogens with two attached hydrogens (primary N) is 1. The summed E-state index contributed by atoms with van der Waals surface area (Å²) in [5.41, 5.74) is 6.68. The molecule has 0 aliphatic carbocycles. The van der Waals surface area contributed by atoms with Crippen LogP contribution in [0.3, 0.4) is 0 Å². The molecule has 1 aromatic heterocycles. The number of amides is 1. The number of para-hydroxylation sites is 1. The number of anilines is 1. The van der Waals surface area contributed by atoms with Crippen LogP contribution in [0.15, 0.2) is 39.4 Å². The first-order chi connectivity index (χ1) is 9.52. The van der Waals surface area contributed by atoms with Gasteiger partial charge in [-0.1, -0.05) is 6.07 Å². The Morgan fingerprint density at radius 2 is 2.15 bits per heavy atom. The van der Waals surface area contributed by atoms with Crippen LogP contribution in [0.1, 0.15) is 16.1 Å². The average Bonchev–Trinajstić information content (AvgIpc) is 2.83. The van der Waals surface area contributed by atoms with E-state index in [2.05, 4.69) is 15.9 Å². The predicted molar refractivity (Wildman–Crippen MR) is 79.6 cm³/mol. The summed E-state index contributed by atoms with van der Waals surface area (Å²) in [5, 5.41) is 0. The molecule has 1 aromatic carbocycles. The third kappa shape index (κ3) is 2.96. The van der Waals surface area contributed by atoms with E-state index in [-0.39, 0.29) is 5.91 Å². The first kappa shape index (κ1) is 14.5. The molecule has 1 heterocycles. The Morgan fingerprint density at radius 3 is 2.75 bits per heavy atom. The zero-order valence-electron chi connectivity index (χ0n) is 11.2. The van der Waals surface area contributed by atoms with E-state index in [1.807, 2.05) is 6.07 Å². The summed E-state index contributed by atoms with van der Waals surface area (Å²) in [6.07, 6.45) is 0. The number of methoxy groups -OCH3 is 1. The lowest BCUT2D eigenvalue weighted by molar-refractivity contribution is 0.0776. The fourth-order valence-corrected chi connectivity index (χ4v) is 2.20. The van der Waals surface area contributed by atoms with Crippen molar-refractivity contribution in [3.8, 4) is 5.75 Å². The number of furan rings is 1. The molecule has 0 aliphatic rings. The van der Waals surface area contributed by atoms with Gasteiger partial charge in [0.1, 0.15) is 11.5 Å². The predicted octanol–water partition coefficient (Wildman–Crippen LogP) is 2.91. The van der Waals surface area contributed by atoms with Crippen molar-refractivity contribution in [1.82, 2.24) is 4.90 Å². The molecular formula is C14H15BrN2O3. The van der Waals surface area contributed by atoms with E-state index in [1.165, 1.54) is 12.0 Å². The number of nitrogens with zero attached hydrogens (tertiary/aromatic N) is 1. The zero-order valence-corrected chi connectivity index (χ0v) is 12.8. The SMILES string of the molecule is COc1cccc(C(=O)N(C)Cc2ccc(Br)o2)c1N. The molecule has 0 saturated carbocycles. The van der Waals surface area contributed by atoms with E-state index in [0.29, 0.717) is 34.0 Å². The number of rotatable bonds is 4. The number of hydrogen-bond donors (Lipinski definition) is 1. The summed E-state index contributed by atoms with van der Waals surface area (Å²) in [6.45, 7) is 0.362. The second kappa shape index (κ2) is 6.00. The molecule has 1 amide bonds. The summed E-state index contributed by atoms with van der Waals surface area (Å²) in [4.78, 5) is 13.9. The van der Waals surface area contributed by atoms with Crippen molar-refractivity contribution in [2.45, 2.75) is 6.54 Å². The highest BCUT2D eigenvalue weighted by Gasteiger charge is 2.18. The molecular weight excluding hydrogens is 324 g/mol. The van der Waals surface area contributed by atoms with Gasteiger partial charge >= 0.3 is 0 Å². The normalized spacial score (nSPS) is 10.3. The lowest BCUT2D eigenvalue weighted by Crippen LogP contribution is -2.26. The Balaban J connectivity index is 2.18. The van der Waals surface area contributed by atoms with Crippen LogP contribution in [0, 0.1) is 0 Å². The number of halogens is 1. The van der Waals surface area contributed by atoms with Gasteiger partial charge in [-0.3, -0.25) is 4.79 Å². The molecule has 2 N–H and O–H groups in total. The van der Waals surface area contributed by atoms with Crippen LogP contribution in [-0.4, -0.2) is 25.0 Å². The summed E-state index contributed by atoms with van der Waals surface area (Å²) in [7, 11) is 3.21. The minimum atomic E-state index is -0.186. The molecule has 20 heavy (non-hydrogen) atoms. The van der Waals surface area contributed by atoms with Gasteiger partial charge in [0.25, 0.3) is 5.91 Å². The molecule has 0 spiro atoms. The first-order valence-corrected chi connectivity index (χ1v) is 6.74. The molecule has 0 fully saturated rings. The van der Waals surface area contributed by atoms with Gasteiger partial charge in [-0.15, -0.1) is 0 Å². The van der Waals surface area contributed by atoms with E-state index < -0.39 is 0 Å². The van der Waals surface area contributed by atoms with Crippen LogP contribution < -0.4 is 10.5 Å². The van der Waals surface area contributed by atoms with Gasteiger partial charge in [0.2, 0.25) is 0 Å². The largest absolute Gasteiger partial charge is 0.495 e. The van der Waals surface area contributed by atoms with Gasteiger partial charge in [-0.05, 0) is 40.2 Å². The van der Waals surface area contributed by atoms with Crippen molar-refractivity contribution in [1.29, 1.82) is 0 Å². The summed E-state index contributed by atoms with van der Waals surface area (Å²) >= 11 is 3.23. The first-order valence-electron chi connectivity index (χ1n) is 5.95. The Bertz CT molecular complexity index is 625. The molecule has 0 radical (unpaired) electrons. The summed E-state index contributed by atoms with van der Waals surface area (Å²) in [5.74, 6) is 0.994. The molecule has 0 unspecified atom stereocenters. The number of benzene rings is 1. The fraction of sp³-hybridized carbons (Fsp3) is 0.214. The maximum absolute atomic E-state index is 12.4. The van der Waals surface area contributed by atoms with Crippen molar-refractivity contribution in [2.75, 3.05) is 19.9 Å². The maximum atomic E-state index is 12.4. The van der Waals surface area contributed by atoms with Crippen LogP contribution in [0.4, 0.5) is 5.69 Å². The highest BCUT2D eigenvalue weighted by molar-refractivity contribution is 9.10. The van der Waals surface area contributed by atoms with Crippen LogP contribution in [-0.2, 0) is 6.54 Å². The van der Waals surface area contributed by atoms with E-state index >= 15 is 0 Å². The van der Waals surface area contributed by atoms with Gasteiger partial charge in [0.15, 0.2) is 4.67 Å². The number of hydrogen-bond acceptors (Lipinski definition) is 4. The fourth-order valence-electron chi connectivity index (χ4n) is 1.86.